The van der Waals surface area contributed by atoms with Crippen LogP contribution in [-0.2, 0) is 6.42 Å². The van der Waals surface area contributed by atoms with Crippen molar-refractivity contribution in [1.29, 1.82) is 0 Å². The summed E-state index contributed by atoms with van der Waals surface area (Å²) in [5, 5.41) is 3.54. The van der Waals surface area contributed by atoms with Gasteiger partial charge >= 0.3 is 0 Å². The fraction of sp³-hybridized carbons (Fsp3) is 0.706. The second-order valence-corrected chi connectivity index (χ2v) is 6.29. The monoisotopic (exact) mass is 296 g/mol. The third-order valence-corrected chi connectivity index (χ3v) is 4.39. The molecule has 1 heterocycles. The molecule has 0 bridgehead atoms. The maximum absolute atomic E-state index is 13.3. The first-order valence-electron chi connectivity index (χ1n) is 8.03. The van der Waals surface area contributed by atoms with Gasteiger partial charge in [-0.1, -0.05) is 13.0 Å². The largest absolute Gasteiger partial charge is 0.313 e. The van der Waals surface area contributed by atoms with Gasteiger partial charge in [0.15, 0.2) is 0 Å². The Bertz CT molecular complexity index is 421. The van der Waals surface area contributed by atoms with Crippen molar-refractivity contribution in [1.82, 2.24) is 10.3 Å². The molecule has 0 spiro atoms. The smallest absolute Gasteiger partial charge is 0.248 e. The third-order valence-electron chi connectivity index (χ3n) is 4.39. The number of nitrogens with zero attached hydrogens (tertiary/aromatic N) is 1. The molecule has 1 atom stereocenters. The Morgan fingerprint density at radius 1 is 1.33 bits per heavy atom. The van der Waals surface area contributed by atoms with E-state index in [1.165, 1.54) is 0 Å². The molecule has 1 aliphatic rings. The minimum absolute atomic E-state index is 0.0310. The first kappa shape index (κ1) is 16.3. The van der Waals surface area contributed by atoms with Gasteiger partial charge in [0.05, 0.1) is 0 Å². The van der Waals surface area contributed by atoms with Crippen molar-refractivity contribution in [3.63, 3.8) is 0 Å². The van der Waals surface area contributed by atoms with Gasteiger partial charge in [-0.05, 0) is 50.3 Å². The van der Waals surface area contributed by atoms with Crippen molar-refractivity contribution < 1.29 is 8.78 Å². The number of hydrogen-bond acceptors (Lipinski definition) is 2. The number of hydrogen-bond donors (Lipinski definition) is 1. The van der Waals surface area contributed by atoms with Crippen LogP contribution in [0.4, 0.5) is 8.78 Å². The molecular formula is C17H26F2N2. The van der Waals surface area contributed by atoms with E-state index in [1.807, 2.05) is 19.2 Å². The number of aromatic nitrogens is 1. The van der Waals surface area contributed by atoms with Crippen LogP contribution in [0, 0.1) is 12.8 Å². The summed E-state index contributed by atoms with van der Waals surface area (Å²) in [7, 11) is 0. The van der Waals surface area contributed by atoms with Crippen LogP contribution in [0.3, 0.4) is 0 Å². The zero-order valence-corrected chi connectivity index (χ0v) is 13.0. The molecule has 1 N–H and O–H groups in total. The summed E-state index contributed by atoms with van der Waals surface area (Å²) in [6.07, 6.45) is 5.05. The molecule has 1 aromatic rings. The van der Waals surface area contributed by atoms with Gasteiger partial charge in [-0.3, -0.25) is 4.98 Å². The predicted octanol–water partition coefficient (Wildman–Crippen LogP) is 4.13. The second kappa shape index (κ2) is 7.30. The lowest BCUT2D eigenvalue weighted by atomic mass is 9.80. The Hall–Kier alpha value is -1.03. The van der Waals surface area contributed by atoms with Crippen LogP contribution in [0.25, 0.3) is 0 Å². The number of pyridine rings is 1. The van der Waals surface area contributed by atoms with E-state index in [2.05, 4.69) is 23.3 Å². The quantitative estimate of drug-likeness (QED) is 0.854. The molecule has 2 nitrogen and oxygen atoms in total. The predicted molar refractivity (Wildman–Crippen MR) is 81.7 cm³/mol. The van der Waals surface area contributed by atoms with Crippen LogP contribution in [-0.4, -0.2) is 23.5 Å². The average Bonchev–Trinajstić information content (AvgIpc) is 2.46. The summed E-state index contributed by atoms with van der Waals surface area (Å²) in [5.74, 6) is -2.12. The van der Waals surface area contributed by atoms with Crippen LogP contribution < -0.4 is 5.32 Å². The lowest BCUT2D eigenvalue weighted by Gasteiger charge is -2.34. The molecule has 1 fully saturated rings. The SMILES string of the molecule is CCCNC(Cc1ccc(C)cn1)C1CCC(F)(F)CC1. The van der Waals surface area contributed by atoms with Gasteiger partial charge in [0, 0.05) is 37.2 Å². The van der Waals surface area contributed by atoms with E-state index in [-0.39, 0.29) is 18.9 Å². The van der Waals surface area contributed by atoms with Gasteiger partial charge in [0.25, 0.3) is 0 Å². The Labute approximate surface area is 126 Å². The lowest BCUT2D eigenvalue weighted by Crippen LogP contribution is -2.42. The molecule has 1 aromatic heterocycles. The molecule has 21 heavy (non-hydrogen) atoms. The van der Waals surface area contributed by atoms with Crippen LogP contribution in [0.5, 0.6) is 0 Å². The van der Waals surface area contributed by atoms with Gasteiger partial charge in [0.1, 0.15) is 0 Å². The molecule has 0 aromatic carbocycles. The molecular weight excluding hydrogens is 270 g/mol. The van der Waals surface area contributed by atoms with E-state index < -0.39 is 5.92 Å². The second-order valence-electron chi connectivity index (χ2n) is 6.29. The number of aryl methyl sites for hydroxylation is 1. The van der Waals surface area contributed by atoms with E-state index in [4.69, 9.17) is 0 Å². The van der Waals surface area contributed by atoms with Gasteiger partial charge in [-0.15, -0.1) is 0 Å². The Kier molecular flexibility index (Phi) is 5.68. The van der Waals surface area contributed by atoms with Crippen LogP contribution in [0.2, 0.25) is 0 Å². The topological polar surface area (TPSA) is 24.9 Å². The zero-order chi connectivity index (χ0) is 15.3. The summed E-state index contributed by atoms with van der Waals surface area (Å²) >= 11 is 0. The van der Waals surface area contributed by atoms with Gasteiger partial charge < -0.3 is 5.32 Å². The first-order valence-corrected chi connectivity index (χ1v) is 8.03. The summed E-state index contributed by atoms with van der Waals surface area (Å²) in [6.45, 7) is 5.08. The Balaban J connectivity index is 1.99. The van der Waals surface area contributed by atoms with E-state index in [9.17, 15) is 8.78 Å². The zero-order valence-electron chi connectivity index (χ0n) is 13.0. The van der Waals surface area contributed by atoms with Gasteiger partial charge in [-0.2, -0.15) is 0 Å². The molecule has 118 valence electrons. The molecule has 0 aliphatic heterocycles. The molecule has 0 amide bonds. The normalized spacial score (nSPS) is 20.4. The van der Waals surface area contributed by atoms with Crippen LogP contribution in [0.15, 0.2) is 18.3 Å². The molecule has 1 saturated carbocycles. The molecule has 1 unspecified atom stereocenters. The highest BCUT2D eigenvalue weighted by atomic mass is 19.3. The van der Waals surface area contributed by atoms with E-state index in [0.29, 0.717) is 18.8 Å². The standard InChI is InChI=1S/C17H26F2N2/c1-3-10-20-16(11-15-5-4-13(2)12-21-15)14-6-8-17(18,19)9-7-14/h4-5,12,14,16,20H,3,6-11H2,1-2H3. The summed E-state index contributed by atoms with van der Waals surface area (Å²) < 4.78 is 26.7. The number of halogens is 2. The van der Waals surface area contributed by atoms with Gasteiger partial charge in [0.2, 0.25) is 5.92 Å². The molecule has 0 radical (unpaired) electrons. The molecule has 2 rings (SSSR count). The van der Waals surface area contributed by atoms with Crippen LogP contribution >= 0.6 is 0 Å². The van der Waals surface area contributed by atoms with Crippen molar-refractivity contribution in [2.45, 2.75) is 64.3 Å². The highest BCUT2D eigenvalue weighted by molar-refractivity contribution is 5.13. The molecule has 4 heteroatoms. The number of rotatable bonds is 6. The average molecular weight is 296 g/mol. The number of alkyl halides is 2. The van der Waals surface area contributed by atoms with E-state index in [0.717, 1.165) is 30.6 Å². The number of nitrogens with one attached hydrogen (secondary N) is 1. The maximum atomic E-state index is 13.3. The Morgan fingerprint density at radius 3 is 2.62 bits per heavy atom. The highest BCUT2D eigenvalue weighted by Crippen LogP contribution is 2.37. The van der Waals surface area contributed by atoms with Gasteiger partial charge in [-0.25, -0.2) is 8.78 Å². The van der Waals surface area contributed by atoms with Crippen molar-refractivity contribution >= 4 is 0 Å². The van der Waals surface area contributed by atoms with E-state index in [1.54, 1.807) is 0 Å². The lowest BCUT2D eigenvalue weighted by molar-refractivity contribution is -0.0495. The maximum Gasteiger partial charge on any atom is 0.248 e. The fourth-order valence-corrected chi connectivity index (χ4v) is 3.04. The minimum Gasteiger partial charge on any atom is -0.313 e. The summed E-state index contributed by atoms with van der Waals surface area (Å²) in [5.41, 5.74) is 2.20. The van der Waals surface area contributed by atoms with Crippen molar-refractivity contribution in [2.75, 3.05) is 6.54 Å². The van der Waals surface area contributed by atoms with Crippen molar-refractivity contribution in [3.8, 4) is 0 Å². The third kappa shape index (κ3) is 5.03. The van der Waals surface area contributed by atoms with E-state index >= 15 is 0 Å². The summed E-state index contributed by atoms with van der Waals surface area (Å²) in [4.78, 5) is 4.46. The van der Waals surface area contributed by atoms with Crippen molar-refractivity contribution in [2.24, 2.45) is 5.92 Å². The fourth-order valence-electron chi connectivity index (χ4n) is 3.04. The Morgan fingerprint density at radius 2 is 2.05 bits per heavy atom. The highest BCUT2D eigenvalue weighted by Gasteiger charge is 2.37. The minimum atomic E-state index is -2.45. The summed E-state index contributed by atoms with van der Waals surface area (Å²) in [6, 6.07) is 4.37. The molecule has 0 saturated heterocycles. The molecule has 1 aliphatic carbocycles. The first-order chi connectivity index (χ1) is 10.00. The van der Waals surface area contributed by atoms with Crippen molar-refractivity contribution in [3.05, 3.63) is 29.6 Å². The van der Waals surface area contributed by atoms with Crippen LogP contribution in [0.1, 0.15) is 50.3 Å².